The Labute approximate surface area is 141 Å². The van der Waals surface area contributed by atoms with Gasteiger partial charge in [0.25, 0.3) is 0 Å². The molecule has 1 amide bonds. The lowest BCUT2D eigenvalue weighted by Crippen LogP contribution is -2.13. The van der Waals surface area contributed by atoms with Crippen LogP contribution in [0.4, 0.5) is 5.69 Å². The van der Waals surface area contributed by atoms with Gasteiger partial charge in [-0.2, -0.15) is 0 Å². The molecule has 0 aliphatic heterocycles. The van der Waals surface area contributed by atoms with E-state index in [0.29, 0.717) is 33.3 Å². The third-order valence-electron chi connectivity index (χ3n) is 3.35. The average molecular weight is 351 g/mol. The van der Waals surface area contributed by atoms with Crippen molar-refractivity contribution in [3.05, 3.63) is 62.6 Å². The molecule has 0 saturated carbocycles. The SMILES string of the molecule is O=C(CCc1ccc2oc(=O)[nH]c2c1)Nc1c(Cl)cccc1Cl. The molecular weight excluding hydrogens is 339 g/mol. The van der Waals surface area contributed by atoms with Crippen LogP contribution in [0.2, 0.25) is 10.0 Å². The van der Waals surface area contributed by atoms with Crippen molar-refractivity contribution >= 4 is 45.9 Å². The van der Waals surface area contributed by atoms with E-state index in [1.165, 1.54) is 0 Å². The lowest BCUT2D eigenvalue weighted by molar-refractivity contribution is -0.116. The number of fused-ring (bicyclic) bond motifs is 1. The fraction of sp³-hybridized carbons (Fsp3) is 0.125. The Balaban J connectivity index is 1.67. The van der Waals surface area contributed by atoms with Gasteiger partial charge in [-0.05, 0) is 36.2 Å². The van der Waals surface area contributed by atoms with Crippen LogP contribution in [-0.4, -0.2) is 10.9 Å². The van der Waals surface area contributed by atoms with Crippen LogP contribution in [0.3, 0.4) is 0 Å². The molecule has 2 aromatic carbocycles. The molecule has 0 unspecified atom stereocenters. The molecule has 0 aliphatic carbocycles. The highest BCUT2D eigenvalue weighted by Gasteiger charge is 2.10. The summed E-state index contributed by atoms with van der Waals surface area (Å²) in [5.41, 5.74) is 2.43. The van der Waals surface area contributed by atoms with E-state index in [1.54, 1.807) is 30.3 Å². The van der Waals surface area contributed by atoms with Gasteiger partial charge in [0.15, 0.2) is 5.58 Å². The fourth-order valence-electron chi connectivity index (χ4n) is 2.23. The number of hydrogen-bond acceptors (Lipinski definition) is 3. The summed E-state index contributed by atoms with van der Waals surface area (Å²) < 4.78 is 4.93. The number of hydrogen-bond donors (Lipinski definition) is 2. The number of anilines is 1. The van der Waals surface area contributed by atoms with Crippen molar-refractivity contribution in [1.82, 2.24) is 4.98 Å². The van der Waals surface area contributed by atoms with Crippen LogP contribution in [0, 0.1) is 0 Å². The molecule has 0 bridgehead atoms. The summed E-state index contributed by atoms with van der Waals surface area (Å²) in [6, 6.07) is 10.3. The molecule has 0 aliphatic rings. The van der Waals surface area contributed by atoms with E-state index >= 15 is 0 Å². The van der Waals surface area contributed by atoms with Crippen LogP contribution < -0.4 is 11.1 Å². The maximum atomic E-state index is 12.1. The van der Waals surface area contributed by atoms with Gasteiger partial charge < -0.3 is 9.73 Å². The van der Waals surface area contributed by atoms with E-state index in [4.69, 9.17) is 27.6 Å². The first-order valence-electron chi connectivity index (χ1n) is 6.88. The second-order valence-corrected chi connectivity index (χ2v) is 5.80. The summed E-state index contributed by atoms with van der Waals surface area (Å²) in [5, 5.41) is 3.49. The van der Waals surface area contributed by atoms with Crippen molar-refractivity contribution in [2.75, 3.05) is 5.32 Å². The normalized spacial score (nSPS) is 10.9. The first-order chi connectivity index (χ1) is 11.0. The number of aromatic amines is 1. The molecule has 0 fully saturated rings. The monoisotopic (exact) mass is 350 g/mol. The predicted octanol–water partition coefficient (Wildman–Crippen LogP) is 4.00. The second-order valence-electron chi connectivity index (χ2n) is 4.99. The van der Waals surface area contributed by atoms with E-state index in [9.17, 15) is 9.59 Å². The third-order valence-corrected chi connectivity index (χ3v) is 3.98. The topological polar surface area (TPSA) is 75.1 Å². The lowest BCUT2D eigenvalue weighted by Gasteiger charge is -2.09. The average Bonchev–Trinajstić information content (AvgIpc) is 2.88. The smallest absolute Gasteiger partial charge is 0.408 e. The van der Waals surface area contributed by atoms with E-state index in [0.717, 1.165) is 5.56 Å². The summed E-state index contributed by atoms with van der Waals surface area (Å²) in [6.45, 7) is 0. The molecule has 3 rings (SSSR count). The maximum absolute atomic E-state index is 12.1. The number of halogens is 2. The number of benzene rings is 2. The zero-order chi connectivity index (χ0) is 16.4. The third kappa shape index (κ3) is 3.57. The van der Waals surface area contributed by atoms with Gasteiger partial charge in [0.1, 0.15) is 0 Å². The zero-order valence-corrected chi connectivity index (χ0v) is 13.4. The number of rotatable bonds is 4. The van der Waals surface area contributed by atoms with Gasteiger partial charge in [-0.15, -0.1) is 0 Å². The number of para-hydroxylation sites is 1. The van der Waals surface area contributed by atoms with Gasteiger partial charge in [0, 0.05) is 6.42 Å². The highest BCUT2D eigenvalue weighted by atomic mass is 35.5. The second kappa shape index (κ2) is 6.48. The van der Waals surface area contributed by atoms with E-state index < -0.39 is 5.76 Å². The molecule has 0 radical (unpaired) electrons. The molecule has 23 heavy (non-hydrogen) atoms. The fourth-order valence-corrected chi connectivity index (χ4v) is 2.72. The number of nitrogens with one attached hydrogen (secondary N) is 2. The van der Waals surface area contributed by atoms with Crippen LogP contribution in [-0.2, 0) is 11.2 Å². The molecule has 1 heterocycles. The van der Waals surface area contributed by atoms with Gasteiger partial charge in [-0.25, -0.2) is 4.79 Å². The Hall–Kier alpha value is -2.24. The molecule has 1 aromatic heterocycles. The van der Waals surface area contributed by atoms with Crippen molar-refractivity contribution in [1.29, 1.82) is 0 Å². The summed E-state index contributed by atoms with van der Waals surface area (Å²) in [6.07, 6.45) is 0.770. The first kappa shape index (κ1) is 15.6. The van der Waals surface area contributed by atoms with Crippen LogP contribution in [0.15, 0.2) is 45.6 Å². The van der Waals surface area contributed by atoms with E-state index in [1.807, 2.05) is 6.07 Å². The van der Waals surface area contributed by atoms with Crippen molar-refractivity contribution < 1.29 is 9.21 Å². The summed E-state index contributed by atoms with van der Waals surface area (Å²) in [4.78, 5) is 25.8. The largest absolute Gasteiger partial charge is 0.417 e. The molecule has 7 heteroatoms. The van der Waals surface area contributed by atoms with Crippen LogP contribution in [0.1, 0.15) is 12.0 Å². The highest BCUT2D eigenvalue weighted by molar-refractivity contribution is 6.39. The quantitative estimate of drug-likeness (QED) is 0.746. The van der Waals surface area contributed by atoms with E-state index in [-0.39, 0.29) is 12.3 Å². The minimum Gasteiger partial charge on any atom is -0.408 e. The number of aromatic nitrogens is 1. The van der Waals surface area contributed by atoms with Gasteiger partial charge in [0.2, 0.25) is 5.91 Å². The Morgan fingerprint density at radius 3 is 2.65 bits per heavy atom. The number of oxazole rings is 1. The molecule has 2 N–H and O–H groups in total. The Morgan fingerprint density at radius 1 is 1.17 bits per heavy atom. The van der Waals surface area contributed by atoms with Crippen LogP contribution in [0.5, 0.6) is 0 Å². The van der Waals surface area contributed by atoms with Crippen molar-refractivity contribution in [2.24, 2.45) is 0 Å². The Bertz CT molecular complexity index is 910. The van der Waals surface area contributed by atoms with Gasteiger partial charge in [-0.3, -0.25) is 9.78 Å². The molecule has 0 spiro atoms. The van der Waals surface area contributed by atoms with Crippen LogP contribution >= 0.6 is 23.2 Å². The van der Waals surface area contributed by atoms with Crippen LogP contribution in [0.25, 0.3) is 11.1 Å². The number of amides is 1. The number of carbonyl (C=O) groups is 1. The molecule has 118 valence electrons. The highest BCUT2D eigenvalue weighted by Crippen LogP contribution is 2.29. The van der Waals surface area contributed by atoms with Gasteiger partial charge in [0.05, 0.1) is 21.2 Å². The molecule has 0 saturated heterocycles. The standard InChI is InChI=1S/C16H12Cl2N2O3/c17-10-2-1-3-11(18)15(10)20-14(21)7-5-9-4-6-13-12(8-9)19-16(22)23-13/h1-4,6,8H,5,7H2,(H,19,22)(H,20,21). The number of carbonyl (C=O) groups excluding carboxylic acids is 1. The first-order valence-corrected chi connectivity index (χ1v) is 7.64. The molecule has 0 atom stereocenters. The maximum Gasteiger partial charge on any atom is 0.417 e. The minimum absolute atomic E-state index is 0.194. The molecule has 3 aromatic rings. The van der Waals surface area contributed by atoms with Gasteiger partial charge in [-0.1, -0.05) is 35.3 Å². The summed E-state index contributed by atoms with van der Waals surface area (Å²) >= 11 is 12.0. The summed E-state index contributed by atoms with van der Waals surface area (Å²) in [5.74, 6) is -0.691. The lowest BCUT2D eigenvalue weighted by atomic mass is 10.1. The predicted molar refractivity (Wildman–Crippen MR) is 90.2 cm³/mol. The van der Waals surface area contributed by atoms with Crippen molar-refractivity contribution in [3.63, 3.8) is 0 Å². The molecule has 5 nitrogen and oxygen atoms in total. The zero-order valence-electron chi connectivity index (χ0n) is 11.9. The number of aryl methyl sites for hydroxylation is 1. The molecular formula is C16H12Cl2N2O3. The Kier molecular flexibility index (Phi) is 4.41. The van der Waals surface area contributed by atoms with Crippen molar-refractivity contribution in [2.45, 2.75) is 12.8 Å². The Morgan fingerprint density at radius 2 is 1.91 bits per heavy atom. The van der Waals surface area contributed by atoms with Crippen molar-refractivity contribution in [3.8, 4) is 0 Å². The van der Waals surface area contributed by atoms with E-state index in [2.05, 4.69) is 10.3 Å². The number of H-pyrrole nitrogens is 1. The summed E-state index contributed by atoms with van der Waals surface area (Å²) in [7, 11) is 0. The van der Waals surface area contributed by atoms with Gasteiger partial charge >= 0.3 is 5.76 Å². The minimum atomic E-state index is -0.497.